The summed E-state index contributed by atoms with van der Waals surface area (Å²) in [4.78, 5) is 16.4. The summed E-state index contributed by atoms with van der Waals surface area (Å²) in [7, 11) is 0. The summed E-state index contributed by atoms with van der Waals surface area (Å²) in [6, 6.07) is 16.6. The number of nitrogens with zero attached hydrogens (tertiary/aromatic N) is 1. The second-order valence-corrected chi connectivity index (χ2v) is 7.57. The summed E-state index contributed by atoms with van der Waals surface area (Å²) in [5, 5.41) is 9.60. The minimum absolute atomic E-state index is 0.0493. The van der Waals surface area contributed by atoms with E-state index in [1.54, 1.807) is 0 Å². The van der Waals surface area contributed by atoms with Crippen LogP contribution in [0.15, 0.2) is 53.5 Å². The first-order chi connectivity index (χ1) is 14.6. The molecule has 1 saturated carbocycles. The van der Waals surface area contributed by atoms with Crippen LogP contribution < -0.4 is 20.7 Å². The molecule has 30 heavy (non-hydrogen) atoms. The van der Waals surface area contributed by atoms with Crippen molar-refractivity contribution < 1.29 is 9.53 Å². The molecule has 160 valence electrons. The van der Waals surface area contributed by atoms with E-state index in [-0.39, 0.29) is 12.5 Å². The second kappa shape index (κ2) is 11.2. The van der Waals surface area contributed by atoms with Crippen molar-refractivity contribution in [3.8, 4) is 5.75 Å². The molecule has 0 atom stereocenters. The second-order valence-electron chi connectivity index (χ2n) is 7.57. The highest BCUT2D eigenvalue weighted by molar-refractivity contribution is 5.79. The standard InChI is InChI=1S/C24H32N4O2/c1-3-25-24(27-16-20-7-5-4-6-18(20)2)26-15-14-19-8-12-22(13-9-19)30-17-23(29)28-21-10-11-21/h4-9,12-13,21H,3,10-11,14-17H2,1-2H3,(H,28,29)(H2,25,26,27). The average Bonchev–Trinajstić information content (AvgIpc) is 3.56. The van der Waals surface area contributed by atoms with Gasteiger partial charge >= 0.3 is 0 Å². The van der Waals surface area contributed by atoms with Crippen molar-refractivity contribution in [1.29, 1.82) is 0 Å². The number of hydrogen-bond acceptors (Lipinski definition) is 3. The lowest BCUT2D eigenvalue weighted by Gasteiger charge is -2.12. The van der Waals surface area contributed by atoms with Crippen LogP contribution in [0.25, 0.3) is 0 Å². The third kappa shape index (κ3) is 7.43. The molecule has 0 spiro atoms. The monoisotopic (exact) mass is 408 g/mol. The van der Waals surface area contributed by atoms with Crippen molar-refractivity contribution in [2.45, 2.75) is 45.7 Å². The maximum absolute atomic E-state index is 11.7. The number of aryl methyl sites for hydroxylation is 1. The van der Waals surface area contributed by atoms with Crippen molar-refractivity contribution in [3.63, 3.8) is 0 Å². The van der Waals surface area contributed by atoms with E-state index in [0.29, 0.717) is 18.3 Å². The zero-order valence-electron chi connectivity index (χ0n) is 17.9. The van der Waals surface area contributed by atoms with E-state index in [4.69, 9.17) is 9.73 Å². The van der Waals surface area contributed by atoms with Crippen molar-refractivity contribution in [2.75, 3.05) is 19.7 Å². The van der Waals surface area contributed by atoms with Gasteiger partial charge in [0.2, 0.25) is 0 Å². The van der Waals surface area contributed by atoms with Gasteiger partial charge in [-0.1, -0.05) is 36.4 Å². The molecular formula is C24H32N4O2. The number of aliphatic imine (C=N–C) groups is 1. The summed E-state index contributed by atoms with van der Waals surface area (Å²) in [6.45, 7) is 6.50. The summed E-state index contributed by atoms with van der Waals surface area (Å²) in [5.74, 6) is 1.49. The van der Waals surface area contributed by atoms with Crippen LogP contribution in [0.5, 0.6) is 5.75 Å². The maximum Gasteiger partial charge on any atom is 0.258 e. The Bertz CT molecular complexity index is 845. The minimum Gasteiger partial charge on any atom is -0.484 e. The van der Waals surface area contributed by atoms with Crippen LogP contribution in [0, 0.1) is 6.92 Å². The maximum atomic E-state index is 11.7. The fourth-order valence-electron chi connectivity index (χ4n) is 3.02. The molecule has 1 aliphatic rings. The molecule has 3 N–H and O–H groups in total. The van der Waals surface area contributed by atoms with Crippen LogP contribution in [0.3, 0.4) is 0 Å². The highest BCUT2D eigenvalue weighted by Gasteiger charge is 2.23. The molecule has 2 aromatic carbocycles. The third-order valence-electron chi connectivity index (χ3n) is 4.95. The Morgan fingerprint density at radius 2 is 1.87 bits per heavy atom. The number of carbonyl (C=O) groups excluding carboxylic acids is 1. The summed E-state index contributed by atoms with van der Waals surface area (Å²) in [6.07, 6.45) is 3.04. The number of amides is 1. The van der Waals surface area contributed by atoms with Crippen molar-refractivity contribution >= 4 is 11.9 Å². The molecule has 6 heteroatoms. The molecule has 1 amide bonds. The molecule has 0 aliphatic heterocycles. The molecule has 0 aromatic heterocycles. The molecular weight excluding hydrogens is 376 g/mol. The first kappa shape index (κ1) is 21.7. The Morgan fingerprint density at radius 3 is 2.57 bits per heavy atom. The molecule has 2 aromatic rings. The smallest absolute Gasteiger partial charge is 0.258 e. The highest BCUT2D eigenvalue weighted by atomic mass is 16.5. The van der Waals surface area contributed by atoms with Crippen LogP contribution in [0.1, 0.15) is 36.5 Å². The van der Waals surface area contributed by atoms with E-state index < -0.39 is 0 Å². The topological polar surface area (TPSA) is 74.8 Å². The predicted molar refractivity (Wildman–Crippen MR) is 121 cm³/mol. The van der Waals surface area contributed by atoms with E-state index in [2.05, 4.69) is 41.9 Å². The van der Waals surface area contributed by atoms with Gasteiger partial charge in [-0.2, -0.15) is 0 Å². The summed E-state index contributed by atoms with van der Waals surface area (Å²) in [5.41, 5.74) is 3.69. The lowest BCUT2D eigenvalue weighted by Crippen LogP contribution is -2.38. The molecule has 0 heterocycles. The van der Waals surface area contributed by atoms with Gasteiger partial charge in [0.05, 0.1) is 6.54 Å². The molecule has 0 saturated heterocycles. The largest absolute Gasteiger partial charge is 0.484 e. The Morgan fingerprint density at radius 1 is 1.10 bits per heavy atom. The van der Waals surface area contributed by atoms with Crippen LogP contribution in [0.4, 0.5) is 0 Å². The van der Waals surface area contributed by atoms with Crippen LogP contribution in [0.2, 0.25) is 0 Å². The summed E-state index contributed by atoms with van der Waals surface area (Å²) < 4.78 is 5.55. The van der Waals surface area contributed by atoms with Gasteiger partial charge < -0.3 is 20.7 Å². The molecule has 0 unspecified atom stereocenters. The van der Waals surface area contributed by atoms with Gasteiger partial charge in [0.15, 0.2) is 12.6 Å². The molecule has 0 radical (unpaired) electrons. The zero-order chi connectivity index (χ0) is 21.2. The number of hydrogen-bond donors (Lipinski definition) is 3. The lowest BCUT2D eigenvalue weighted by molar-refractivity contribution is -0.123. The predicted octanol–water partition coefficient (Wildman–Crippen LogP) is 2.95. The Balaban J connectivity index is 1.42. The van der Waals surface area contributed by atoms with E-state index in [9.17, 15) is 4.79 Å². The van der Waals surface area contributed by atoms with Gasteiger partial charge in [0, 0.05) is 19.1 Å². The number of nitrogens with one attached hydrogen (secondary N) is 3. The van der Waals surface area contributed by atoms with Gasteiger partial charge in [-0.05, 0) is 61.9 Å². The minimum atomic E-state index is -0.0493. The fourth-order valence-corrected chi connectivity index (χ4v) is 3.02. The van der Waals surface area contributed by atoms with E-state index in [0.717, 1.165) is 38.3 Å². The molecule has 3 rings (SSSR count). The van der Waals surface area contributed by atoms with Gasteiger partial charge in [-0.3, -0.25) is 4.79 Å². The number of guanidine groups is 1. The van der Waals surface area contributed by atoms with Gasteiger partial charge in [-0.25, -0.2) is 4.99 Å². The van der Waals surface area contributed by atoms with Crippen LogP contribution >= 0.6 is 0 Å². The van der Waals surface area contributed by atoms with Crippen molar-refractivity contribution in [1.82, 2.24) is 16.0 Å². The number of carbonyl (C=O) groups is 1. The third-order valence-corrected chi connectivity index (χ3v) is 4.95. The first-order valence-corrected chi connectivity index (χ1v) is 10.7. The lowest BCUT2D eigenvalue weighted by atomic mass is 10.1. The van der Waals surface area contributed by atoms with E-state index >= 15 is 0 Å². The first-order valence-electron chi connectivity index (χ1n) is 10.7. The van der Waals surface area contributed by atoms with Gasteiger partial charge in [0.25, 0.3) is 5.91 Å². The van der Waals surface area contributed by atoms with Crippen LogP contribution in [-0.4, -0.2) is 37.6 Å². The Labute approximate surface area is 179 Å². The Hall–Kier alpha value is -3.02. The fraction of sp³-hybridized carbons (Fsp3) is 0.417. The number of ether oxygens (including phenoxy) is 1. The SMILES string of the molecule is CCNC(=NCc1ccccc1C)NCCc1ccc(OCC(=O)NC2CC2)cc1. The highest BCUT2D eigenvalue weighted by Crippen LogP contribution is 2.18. The zero-order valence-corrected chi connectivity index (χ0v) is 17.9. The van der Waals surface area contributed by atoms with E-state index in [1.165, 1.54) is 16.7 Å². The van der Waals surface area contributed by atoms with Gasteiger partial charge in [0.1, 0.15) is 5.75 Å². The molecule has 6 nitrogen and oxygen atoms in total. The normalized spacial score (nSPS) is 13.6. The average molecular weight is 409 g/mol. The van der Waals surface area contributed by atoms with Crippen LogP contribution in [-0.2, 0) is 17.8 Å². The molecule has 1 fully saturated rings. The van der Waals surface area contributed by atoms with Crippen molar-refractivity contribution in [2.24, 2.45) is 4.99 Å². The quantitative estimate of drug-likeness (QED) is 0.417. The Kier molecular flexibility index (Phi) is 8.12. The number of benzene rings is 2. The number of rotatable bonds is 10. The van der Waals surface area contributed by atoms with E-state index in [1.807, 2.05) is 36.4 Å². The molecule has 0 bridgehead atoms. The molecule has 1 aliphatic carbocycles. The van der Waals surface area contributed by atoms with Crippen molar-refractivity contribution in [3.05, 3.63) is 65.2 Å². The summed E-state index contributed by atoms with van der Waals surface area (Å²) >= 11 is 0. The van der Waals surface area contributed by atoms with Gasteiger partial charge in [-0.15, -0.1) is 0 Å².